The molecule has 1 heterocycles. The normalized spacial score (nSPS) is 20.6. The van der Waals surface area contributed by atoms with E-state index in [0.717, 1.165) is 12.5 Å². The maximum Gasteiger partial charge on any atom is 0.0174 e. The summed E-state index contributed by atoms with van der Waals surface area (Å²) in [4.78, 5) is 4.92. The molecular weight excluding hydrogens is 258 g/mol. The smallest absolute Gasteiger partial charge is 0.0174 e. The molecule has 0 amide bonds. The zero-order valence-electron chi connectivity index (χ0n) is 13.9. The van der Waals surface area contributed by atoms with Crippen molar-refractivity contribution >= 4 is 0 Å². The molecule has 1 atom stereocenters. The van der Waals surface area contributed by atoms with E-state index in [4.69, 9.17) is 5.73 Å². The van der Waals surface area contributed by atoms with Crippen LogP contribution in [0.4, 0.5) is 0 Å². The predicted octanol–water partition coefficient (Wildman–Crippen LogP) is 2.18. The van der Waals surface area contributed by atoms with E-state index in [-0.39, 0.29) is 5.41 Å². The Balaban J connectivity index is 1.92. The first kappa shape index (κ1) is 16.5. The maximum atomic E-state index is 6.11. The molecule has 0 spiro atoms. The molecule has 1 aromatic rings. The van der Waals surface area contributed by atoms with Crippen molar-refractivity contribution in [3.05, 3.63) is 35.9 Å². The lowest BCUT2D eigenvalue weighted by atomic mass is 9.82. The van der Waals surface area contributed by atoms with Gasteiger partial charge in [-0.3, -0.25) is 0 Å². The van der Waals surface area contributed by atoms with Crippen LogP contribution in [0.15, 0.2) is 30.3 Å². The van der Waals surface area contributed by atoms with Gasteiger partial charge in [0.25, 0.3) is 0 Å². The van der Waals surface area contributed by atoms with Crippen LogP contribution < -0.4 is 5.73 Å². The highest BCUT2D eigenvalue weighted by Gasteiger charge is 2.28. The molecule has 1 unspecified atom stereocenters. The lowest BCUT2D eigenvalue weighted by Crippen LogP contribution is -2.45. The van der Waals surface area contributed by atoms with Crippen LogP contribution in [0.5, 0.6) is 0 Å². The average molecular weight is 289 g/mol. The summed E-state index contributed by atoms with van der Waals surface area (Å²) in [5.41, 5.74) is 7.50. The van der Waals surface area contributed by atoms with Gasteiger partial charge in [0.05, 0.1) is 0 Å². The van der Waals surface area contributed by atoms with Crippen molar-refractivity contribution in [1.29, 1.82) is 0 Å². The van der Waals surface area contributed by atoms with Crippen LogP contribution in [0.2, 0.25) is 0 Å². The monoisotopic (exact) mass is 289 g/mol. The third-order valence-corrected chi connectivity index (χ3v) is 4.95. The minimum atomic E-state index is 0.0431. The second kappa shape index (κ2) is 7.39. The number of nitrogens with zero attached hydrogens (tertiary/aromatic N) is 2. The SMILES string of the molecule is CN1CCC(CN(C)CC(C)(CN)c2ccccc2)CC1. The minimum Gasteiger partial charge on any atom is -0.330 e. The summed E-state index contributed by atoms with van der Waals surface area (Å²) in [5, 5.41) is 0. The Hall–Kier alpha value is -0.900. The van der Waals surface area contributed by atoms with E-state index in [1.165, 1.54) is 38.0 Å². The van der Waals surface area contributed by atoms with Gasteiger partial charge < -0.3 is 15.5 Å². The molecule has 118 valence electrons. The second-order valence-corrected chi connectivity index (χ2v) is 7.07. The van der Waals surface area contributed by atoms with E-state index < -0.39 is 0 Å². The molecule has 21 heavy (non-hydrogen) atoms. The topological polar surface area (TPSA) is 32.5 Å². The first-order valence-corrected chi connectivity index (χ1v) is 8.16. The summed E-state index contributed by atoms with van der Waals surface area (Å²) < 4.78 is 0. The van der Waals surface area contributed by atoms with Crippen molar-refractivity contribution < 1.29 is 0 Å². The van der Waals surface area contributed by atoms with Crippen molar-refractivity contribution in [1.82, 2.24) is 9.80 Å². The number of hydrogen-bond acceptors (Lipinski definition) is 3. The standard InChI is InChI=1S/C18H31N3/c1-18(14-19,17-7-5-4-6-8-17)15-21(3)13-16-9-11-20(2)12-10-16/h4-8,16H,9-15,19H2,1-3H3. The van der Waals surface area contributed by atoms with Crippen LogP contribution in [-0.4, -0.2) is 56.6 Å². The highest BCUT2D eigenvalue weighted by molar-refractivity contribution is 5.25. The second-order valence-electron chi connectivity index (χ2n) is 7.07. The zero-order chi connectivity index (χ0) is 15.3. The maximum absolute atomic E-state index is 6.11. The van der Waals surface area contributed by atoms with Gasteiger partial charge in [0.15, 0.2) is 0 Å². The summed E-state index contributed by atoms with van der Waals surface area (Å²) in [7, 11) is 4.47. The van der Waals surface area contributed by atoms with Gasteiger partial charge in [0.1, 0.15) is 0 Å². The molecule has 2 N–H and O–H groups in total. The van der Waals surface area contributed by atoms with Crippen molar-refractivity contribution in [2.45, 2.75) is 25.2 Å². The lowest BCUT2D eigenvalue weighted by molar-refractivity contribution is 0.161. The van der Waals surface area contributed by atoms with Gasteiger partial charge in [-0.2, -0.15) is 0 Å². The van der Waals surface area contributed by atoms with E-state index in [0.29, 0.717) is 6.54 Å². The summed E-state index contributed by atoms with van der Waals surface area (Å²) in [6.07, 6.45) is 2.65. The number of likely N-dealkylation sites (N-methyl/N-ethyl adjacent to an activating group) is 1. The fraction of sp³-hybridized carbons (Fsp3) is 0.667. The molecule has 3 heteroatoms. The number of benzene rings is 1. The molecule has 0 saturated carbocycles. The van der Waals surface area contributed by atoms with Crippen molar-refractivity contribution in [2.24, 2.45) is 11.7 Å². The Morgan fingerprint density at radius 1 is 1.24 bits per heavy atom. The van der Waals surface area contributed by atoms with Gasteiger partial charge >= 0.3 is 0 Å². The molecule has 0 radical (unpaired) electrons. The van der Waals surface area contributed by atoms with Gasteiger partial charge in [-0.05, 0) is 51.5 Å². The summed E-state index contributed by atoms with van der Waals surface area (Å²) >= 11 is 0. The van der Waals surface area contributed by atoms with Crippen LogP contribution in [-0.2, 0) is 5.41 Å². The van der Waals surface area contributed by atoms with E-state index in [1.807, 2.05) is 0 Å². The molecular formula is C18H31N3. The van der Waals surface area contributed by atoms with Crippen molar-refractivity contribution in [3.63, 3.8) is 0 Å². The molecule has 1 aromatic carbocycles. The quantitative estimate of drug-likeness (QED) is 0.871. The number of likely N-dealkylation sites (tertiary alicyclic amines) is 1. The van der Waals surface area contributed by atoms with Crippen molar-refractivity contribution in [3.8, 4) is 0 Å². The molecule has 0 aromatic heterocycles. The van der Waals surface area contributed by atoms with E-state index in [1.54, 1.807) is 0 Å². The van der Waals surface area contributed by atoms with Gasteiger partial charge in [-0.25, -0.2) is 0 Å². The first-order valence-electron chi connectivity index (χ1n) is 8.16. The zero-order valence-corrected chi connectivity index (χ0v) is 13.9. The largest absolute Gasteiger partial charge is 0.330 e. The van der Waals surface area contributed by atoms with Gasteiger partial charge in [-0.15, -0.1) is 0 Å². The third kappa shape index (κ3) is 4.53. The number of nitrogens with two attached hydrogens (primary N) is 1. The average Bonchev–Trinajstić information content (AvgIpc) is 2.50. The Morgan fingerprint density at radius 3 is 2.43 bits per heavy atom. The van der Waals surface area contributed by atoms with E-state index in [2.05, 4.69) is 61.2 Å². The molecule has 2 rings (SSSR count). The number of rotatable bonds is 6. The van der Waals surface area contributed by atoms with Crippen molar-refractivity contribution in [2.75, 3.05) is 46.8 Å². The third-order valence-electron chi connectivity index (χ3n) is 4.95. The van der Waals surface area contributed by atoms with Crippen LogP contribution in [0.3, 0.4) is 0 Å². The summed E-state index contributed by atoms with van der Waals surface area (Å²) in [6, 6.07) is 10.7. The fourth-order valence-electron chi connectivity index (χ4n) is 3.46. The minimum absolute atomic E-state index is 0.0431. The highest BCUT2D eigenvalue weighted by Crippen LogP contribution is 2.25. The van der Waals surface area contributed by atoms with Crippen LogP contribution in [0.1, 0.15) is 25.3 Å². The molecule has 0 aliphatic carbocycles. The van der Waals surface area contributed by atoms with Gasteiger partial charge in [-0.1, -0.05) is 37.3 Å². The predicted molar refractivity (Wildman–Crippen MR) is 90.6 cm³/mol. The summed E-state index contributed by atoms with van der Waals surface area (Å²) in [5.74, 6) is 0.837. The molecule has 0 bridgehead atoms. The first-order chi connectivity index (χ1) is 10.0. The van der Waals surface area contributed by atoms with Crippen LogP contribution >= 0.6 is 0 Å². The van der Waals surface area contributed by atoms with Crippen LogP contribution in [0.25, 0.3) is 0 Å². The number of piperidine rings is 1. The molecule has 3 nitrogen and oxygen atoms in total. The highest BCUT2D eigenvalue weighted by atomic mass is 15.1. The Kier molecular flexibility index (Phi) is 5.80. The number of hydrogen-bond donors (Lipinski definition) is 1. The van der Waals surface area contributed by atoms with Gasteiger partial charge in [0.2, 0.25) is 0 Å². The molecule has 1 aliphatic rings. The Morgan fingerprint density at radius 2 is 1.86 bits per heavy atom. The Labute approximate surface area is 130 Å². The van der Waals surface area contributed by atoms with Gasteiger partial charge in [0, 0.05) is 25.0 Å². The Bertz CT molecular complexity index is 412. The van der Waals surface area contributed by atoms with E-state index >= 15 is 0 Å². The molecule has 1 fully saturated rings. The fourth-order valence-corrected chi connectivity index (χ4v) is 3.46. The molecule has 1 saturated heterocycles. The molecule has 1 aliphatic heterocycles. The summed E-state index contributed by atoms with van der Waals surface area (Å²) in [6.45, 7) is 7.68. The lowest BCUT2D eigenvalue weighted by Gasteiger charge is -2.36. The van der Waals surface area contributed by atoms with E-state index in [9.17, 15) is 0 Å². The van der Waals surface area contributed by atoms with Crippen LogP contribution in [0, 0.1) is 5.92 Å².